The quantitative estimate of drug-likeness (QED) is 0.296. The molecule has 2 aliphatic heterocycles. The van der Waals surface area contributed by atoms with E-state index in [1.807, 2.05) is 11.9 Å². The number of nitrogens with one attached hydrogen (secondary N) is 3. The molecule has 1 saturated heterocycles. The Kier molecular flexibility index (Phi) is 7.50. The lowest BCUT2D eigenvalue weighted by Crippen LogP contribution is -2.46. The lowest BCUT2D eigenvalue weighted by Gasteiger charge is -2.33. The van der Waals surface area contributed by atoms with Crippen LogP contribution in [0.3, 0.4) is 0 Å². The van der Waals surface area contributed by atoms with Crippen molar-refractivity contribution in [2.24, 2.45) is 0 Å². The second-order valence-corrected chi connectivity index (χ2v) is 10.7. The molecule has 0 spiro atoms. The lowest BCUT2D eigenvalue weighted by molar-refractivity contribution is -0.268. The van der Waals surface area contributed by atoms with Crippen molar-refractivity contribution in [2.45, 2.75) is 34.9 Å². The second-order valence-electron chi connectivity index (χ2n) is 9.54. The standard InChI is InChI=1S/C27H26F5N5O2S/c1-33-25(38)16-5-7-18(8-6-16)34-12-3-4-17-14-37-22(35-20-11-13-36(2)15-19(20)28)10-9-21-23(37)24(17)40-27(31,32)26(29,30)39-21/h5-10,14,19-20,34-35H,11-13,15H2,1-2H3,(H,33,38)/t19-,20+/m0/s1. The molecule has 0 radical (unpaired) electrons. The number of halogens is 5. The summed E-state index contributed by atoms with van der Waals surface area (Å²) in [5.41, 5.74) is 1.24. The first-order valence-corrected chi connectivity index (χ1v) is 13.3. The molecule has 7 nitrogen and oxygen atoms in total. The molecule has 3 aromatic rings. The molecule has 3 N–H and O–H groups in total. The van der Waals surface area contributed by atoms with E-state index < -0.39 is 29.3 Å². The maximum Gasteiger partial charge on any atom is 0.475 e. The molecule has 1 amide bonds. The number of rotatable bonds is 5. The van der Waals surface area contributed by atoms with Crippen LogP contribution in [0.4, 0.5) is 33.5 Å². The van der Waals surface area contributed by atoms with Gasteiger partial charge in [0, 0.05) is 37.6 Å². The zero-order chi connectivity index (χ0) is 28.7. The predicted octanol–water partition coefficient (Wildman–Crippen LogP) is 4.89. The summed E-state index contributed by atoms with van der Waals surface area (Å²) >= 11 is -0.314. The van der Waals surface area contributed by atoms with E-state index in [2.05, 4.69) is 32.5 Å². The number of alkyl halides is 5. The Morgan fingerprint density at radius 3 is 2.62 bits per heavy atom. The van der Waals surface area contributed by atoms with Crippen LogP contribution in [0.15, 0.2) is 47.5 Å². The smallest absolute Gasteiger partial charge is 0.425 e. The van der Waals surface area contributed by atoms with E-state index >= 15 is 0 Å². The number of piperidine rings is 1. The van der Waals surface area contributed by atoms with Gasteiger partial charge in [-0.3, -0.25) is 9.20 Å². The van der Waals surface area contributed by atoms with Gasteiger partial charge in [0.25, 0.3) is 5.91 Å². The average molecular weight is 580 g/mol. The Morgan fingerprint density at radius 2 is 1.93 bits per heavy atom. The van der Waals surface area contributed by atoms with Crippen molar-refractivity contribution in [3.8, 4) is 17.6 Å². The number of aromatic nitrogens is 1. The largest absolute Gasteiger partial charge is 0.475 e. The van der Waals surface area contributed by atoms with Gasteiger partial charge in [-0.1, -0.05) is 11.8 Å². The molecule has 2 aliphatic rings. The molecule has 40 heavy (non-hydrogen) atoms. The van der Waals surface area contributed by atoms with E-state index in [4.69, 9.17) is 0 Å². The number of amides is 1. The van der Waals surface area contributed by atoms with Gasteiger partial charge in [0.05, 0.1) is 23.0 Å². The number of pyridine rings is 1. The van der Waals surface area contributed by atoms with Crippen molar-refractivity contribution in [3.63, 3.8) is 0 Å². The van der Waals surface area contributed by atoms with E-state index in [1.54, 1.807) is 24.3 Å². The molecule has 13 heteroatoms. The number of carbonyl (C=O) groups is 1. The zero-order valence-electron chi connectivity index (χ0n) is 21.5. The van der Waals surface area contributed by atoms with Gasteiger partial charge in [-0.05, 0) is 61.6 Å². The Hall–Kier alpha value is -3.63. The monoisotopic (exact) mass is 579 g/mol. The number of anilines is 2. The van der Waals surface area contributed by atoms with Crippen molar-refractivity contribution >= 4 is 34.7 Å². The van der Waals surface area contributed by atoms with Gasteiger partial charge >= 0.3 is 11.4 Å². The maximum atomic E-state index is 14.7. The zero-order valence-corrected chi connectivity index (χ0v) is 22.4. The van der Waals surface area contributed by atoms with Gasteiger partial charge in [-0.2, -0.15) is 17.6 Å². The summed E-state index contributed by atoms with van der Waals surface area (Å²) in [5, 5.41) is 4.11. The molecule has 0 saturated carbocycles. The van der Waals surface area contributed by atoms with Gasteiger partial charge in [0.1, 0.15) is 17.5 Å². The Bertz CT molecular complexity index is 1480. The molecule has 2 aromatic heterocycles. The molecule has 2 atom stereocenters. The first-order chi connectivity index (χ1) is 19.0. The maximum absolute atomic E-state index is 14.7. The van der Waals surface area contributed by atoms with Crippen LogP contribution in [-0.2, 0) is 0 Å². The minimum atomic E-state index is -4.77. The van der Waals surface area contributed by atoms with E-state index in [-0.39, 0.29) is 46.7 Å². The van der Waals surface area contributed by atoms with E-state index in [9.17, 15) is 26.7 Å². The van der Waals surface area contributed by atoms with Crippen molar-refractivity contribution in [1.29, 1.82) is 0 Å². The molecule has 212 valence electrons. The van der Waals surface area contributed by atoms with Crippen LogP contribution in [0.2, 0.25) is 0 Å². The van der Waals surface area contributed by atoms with Gasteiger partial charge in [-0.15, -0.1) is 0 Å². The van der Waals surface area contributed by atoms with Crippen molar-refractivity contribution < 1.29 is 31.5 Å². The van der Waals surface area contributed by atoms with Crippen LogP contribution < -0.4 is 20.7 Å². The molecule has 1 fully saturated rings. The van der Waals surface area contributed by atoms with Gasteiger partial charge in [-0.25, -0.2) is 4.39 Å². The Labute approximate surface area is 231 Å². The third kappa shape index (κ3) is 5.38. The van der Waals surface area contributed by atoms with Crippen molar-refractivity contribution in [3.05, 3.63) is 53.7 Å². The van der Waals surface area contributed by atoms with Crippen LogP contribution in [0.25, 0.3) is 5.52 Å². The summed E-state index contributed by atoms with van der Waals surface area (Å²) in [4.78, 5) is 13.4. The predicted molar refractivity (Wildman–Crippen MR) is 143 cm³/mol. The average Bonchev–Trinajstić information content (AvgIpc) is 3.23. The summed E-state index contributed by atoms with van der Waals surface area (Å²) in [7, 11) is 3.35. The number of ether oxygens (including phenoxy) is 1. The van der Waals surface area contributed by atoms with Gasteiger partial charge in [0.15, 0.2) is 5.75 Å². The first kappa shape index (κ1) is 27.9. The summed E-state index contributed by atoms with van der Waals surface area (Å²) in [6, 6.07) is 8.67. The number of benzene rings is 1. The molecule has 0 bridgehead atoms. The normalized spacial score (nSPS) is 21.5. The molecule has 0 unspecified atom stereocenters. The molecule has 0 aliphatic carbocycles. The fourth-order valence-electron chi connectivity index (χ4n) is 4.58. The number of carbonyl (C=O) groups excluding carboxylic acids is 1. The van der Waals surface area contributed by atoms with Crippen LogP contribution in [0.1, 0.15) is 22.3 Å². The summed E-state index contributed by atoms with van der Waals surface area (Å²) in [6.07, 6.45) is -4.00. The fraction of sp³-hybridized carbons (Fsp3) is 0.370. The molecule has 4 heterocycles. The van der Waals surface area contributed by atoms with Gasteiger partial charge < -0.3 is 25.6 Å². The third-order valence-corrected chi connectivity index (χ3v) is 7.82. The highest BCUT2D eigenvalue weighted by atomic mass is 32.2. The number of thioether (sulfide) groups is 1. The molecule has 1 aromatic carbocycles. The topological polar surface area (TPSA) is 70.0 Å². The molecular weight excluding hydrogens is 553 g/mol. The summed E-state index contributed by atoms with van der Waals surface area (Å²) < 4.78 is 78.6. The van der Waals surface area contributed by atoms with Crippen LogP contribution >= 0.6 is 11.8 Å². The minimum Gasteiger partial charge on any atom is -0.425 e. The summed E-state index contributed by atoms with van der Waals surface area (Å²) in [6.45, 7) is 0.993. The van der Waals surface area contributed by atoms with Crippen molar-refractivity contribution in [2.75, 3.05) is 44.4 Å². The van der Waals surface area contributed by atoms with Gasteiger partial charge in [0.2, 0.25) is 0 Å². The van der Waals surface area contributed by atoms with E-state index in [0.717, 1.165) is 0 Å². The second kappa shape index (κ2) is 10.7. The van der Waals surface area contributed by atoms with Crippen molar-refractivity contribution in [1.82, 2.24) is 14.6 Å². The number of nitrogens with zero attached hydrogens (tertiary/aromatic N) is 2. The lowest BCUT2D eigenvalue weighted by atomic mass is 10.0. The van der Waals surface area contributed by atoms with Crippen LogP contribution in [0, 0.1) is 11.8 Å². The van der Waals surface area contributed by atoms with E-state index in [1.165, 1.54) is 29.8 Å². The highest BCUT2D eigenvalue weighted by molar-refractivity contribution is 8.00. The highest BCUT2D eigenvalue weighted by Crippen LogP contribution is 2.54. The molecular formula is C27H26F5N5O2S. The number of hydrogen-bond acceptors (Lipinski definition) is 6. The highest BCUT2D eigenvalue weighted by Gasteiger charge is 2.62. The number of likely N-dealkylation sites (tertiary alicyclic amines) is 1. The van der Waals surface area contributed by atoms with Crippen LogP contribution in [-0.4, -0.2) is 72.5 Å². The number of hydrogen-bond donors (Lipinski definition) is 3. The Morgan fingerprint density at radius 1 is 1.18 bits per heavy atom. The fourth-order valence-corrected chi connectivity index (χ4v) is 5.51. The first-order valence-electron chi connectivity index (χ1n) is 12.4. The minimum absolute atomic E-state index is 0.00256. The Balaban J connectivity index is 1.46. The molecule has 5 rings (SSSR count). The SMILES string of the molecule is CNC(=O)c1ccc(NCC#Cc2cn3c(N[C@@H]4CCN(C)C[C@@H]4F)ccc4c3c2SC(F)(F)C(F)(F)O4)cc1. The van der Waals surface area contributed by atoms with E-state index in [0.29, 0.717) is 30.0 Å². The third-order valence-electron chi connectivity index (χ3n) is 6.71. The van der Waals surface area contributed by atoms with Crippen LogP contribution in [0.5, 0.6) is 5.75 Å². The summed E-state index contributed by atoms with van der Waals surface area (Å²) in [5.74, 6) is 5.32.